The minimum atomic E-state index is 0.542. The summed E-state index contributed by atoms with van der Waals surface area (Å²) < 4.78 is 0. The summed E-state index contributed by atoms with van der Waals surface area (Å²) >= 11 is 6.16. The number of nitrogens with one attached hydrogen (secondary N) is 1. The SMILES string of the molecule is Cc1cc(-c2cccc(CN(c3ccc(Cl)cc3)C3CCNCC3)c2)cc(C)c1C. The van der Waals surface area contributed by atoms with Crippen LogP contribution in [-0.2, 0) is 6.54 Å². The second-order valence-electron chi connectivity index (χ2n) is 8.52. The van der Waals surface area contributed by atoms with Gasteiger partial charge in [-0.3, -0.25) is 0 Å². The summed E-state index contributed by atoms with van der Waals surface area (Å²) in [4.78, 5) is 2.56. The van der Waals surface area contributed by atoms with Crippen LogP contribution in [0.3, 0.4) is 0 Å². The van der Waals surface area contributed by atoms with Gasteiger partial charge in [-0.2, -0.15) is 0 Å². The van der Waals surface area contributed by atoms with E-state index in [2.05, 4.69) is 79.5 Å². The Labute approximate surface area is 185 Å². The Hall–Kier alpha value is -2.29. The molecule has 4 rings (SSSR count). The molecule has 1 saturated heterocycles. The van der Waals surface area contributed by atoms with Crippen LogP contribution in [0.25, 0.3) is 11.1 Å². The molecule has 0 radical (unpaired) electrons. The second kappa shape index (κ2) is 9.24. The Bertz CT molecular complexity index is 981. The lowest BCUT2D eigenvalue weighted by atomic mass is 9.95. The third kappa shape index (κ3) is 4.71. The summed E-state index contributed by atoms with van der Waals surface area (Å²) in [5, 5.41) is 4.28. The number of benzene rings is 3. The lowest BCUT2D eigenvalue weighted by Gasteiger charge is -2.36. The minimum absolute atomic E-state index is 0.542. The average molecular weight is 419 g/mol. The molecule has 3 aromatic carbocycles. The van der Waals surface area contributed by atoms with E-state index in [1.807, 2.05) is 12.1 Å². The number of hydrogen-bond donors (Lipinski definition) is 1. The zero-order chi connectivity index (χ0) is 21.1. The van der Waals surface area contributed by atoms with Crippen molar-refractivity contribution in [1.29, 1.82) is 0 Å². The zero-order valence-corrected chi connectivity index (χ0v) is 19.0. The smallest absolute Gasteiger partial charge is 0.0432 e. The van der Waals surface area contributed by atoms with Crippen LogP contribution in [0, 0.1) is 20.8 Å². The van der Waals surface area contributed by atoms with Crippen LogP contribution in [-0.4, -0.2) is 19.1 Å². The van der Waals surface area contributed by atoms with Crippen molar-refractivity contribution in [2.24, 2.45) is 0 Å². The minimum Gasteiger partial charge on any atom is -0.364 e. The Morgan fingerprint density at radius 1 is 0.867 bits per heavy atom. The van der Waals surface area contributed by atoms with Crippen molar-refractivity contribution in [3.8, 4) is 11.1 Å². The Morgan fingerprint density at radius 2 is 1.53 bits per heavy atom. The molecule has 156 valence electrons. The Morgan fingerprint density at radius 3 is 2.20 bits per heavy atom. The van der Waals surface area contributed by atoms with E-state index < -0.39 is 0 Å². The predicted octanol–water partition coefficient (Wildman–Crippen LogP) is 6.69. The fraction of sp³-hybridized carbons (Fsp3) is 0.333. The third-order valence-electron chi connectivity index (χ3n) is 6.45. The molecule has 30 heavy (non-hydrogen) atoms. The van der Waals surface area contributed by atoms with Gasteiger partial charge in [0.15, 0.2) is 0 Å². The van der Waals surface area contributed by atoms with Crippen molar-refractivity contribution in [3.05, 3.63) is 87.9 Å². The Kier molecular flexibility index (Phi) is 6.46. The normalized spacial score (nSPS) is 14.7. The van der Waals surface area contributed by atoms with Gasteiger partial charge >= 0.3 is 0 Å². The zero-order valence-electron chi connectivity index (χ0n) is 18.2. The van der Waals surface area contributed by atoms with Gasteiger partial charge in [-0.05, 0) is 110 Å². The standard InChI is InChI=1S/C27H31ClN2/c1-19-15-24(16-20(2)21(19)3)23-6-4-5-22(17-23)18-30(27-11-13-29-14-12-27)26-9-7-25(28)8-10-26/h4-10,15-17,27,29H,11-14,18H2,1-3H3. The highest BCUT2D eigenvalue weighted by molar-refractivity contribution is 6.30. The molecular weight excluding hydrogens is 388 g/mol. The van der Waals surface area contributed by atoms with E-state index in [0.29, 0.717) is 6.04 Å². The Balaban J connectivity index is 1.65. The quantitative estimate of drug-likeness (QED) is 0.496. The number of anilines is 1. The van der Waals surface area contributed by atoms with Crippen molar-refractivity contribution in [2.45, 2.75) is 46.2 Å². The summed E-state index contributed by atoms with van der Waals surface area (Å²) in [5.41, 5.74) is 9.28. The molecule has 0 spiro atoms. The molecule has 0 unspecified atom stereocenters. The number of hydrogen-bond acceptors (Lipinski definition) is 2. The fourth-order valence-corrected chi connectivity index (χ4v) is 4.56. The summed E-state index contributed by atoms with van der Waals surface area (Å²) in [5.74, 6) is 0. The van der Waals surface area contributed by atoms with Gasteiger partial charge in [-0.15, -0.1) is 0 Å². The molecule has 3 heteroatoms. The van der Waals surface area contributed by atoms with E-state index in [4.69, 9.17) is 11.6 Å². The van der Waals surface area contributed by atoms with Crippen LogP contribution in [0.2, 0.25) is 5.02 Å². The fourth-order valence-electron chi connectivity index (χ4n) is 4.43. The predicted molar refractivity (Wildman–Crippen MR) is 130 cm³/mol. The number of nitrogens with zero attached hydrogens (tertiary/aromatic N) is 1. The molecule has 3 aromatic rings. The third-order valence-corrected chi connectivity index (χ3v) is 6.70. The van der Waals surface area contributed by atoms with E-state index in [9.17, 15) is 0 Å². The highest BCUT2D eigenvalue weighted by Crippen LogP contribution is 2.29. The van der Waals surface area contributed by atoms with Crippen LogP contribution in [0.4, 0.5) is 5.69 Å². The first-order chi connectivity index (χ1) is 14.5. The van der Waals surface area contributed by atoms with Gasteiger partial charge in [0.2, 0.25) is 0 Å². The van der Waals surface area contributed by atoms with E-state index >= 15 is 0 Å². The number of piperidine rings is 1. The maximum absolute atomic E-state index is 6.16. The summed E-state index contributed by atoms with van der Waals surface area (Å²) in [6.45, 7) is 9.68. The van der Waals surface area contributed by atoms with E-state index in [1.165, 1.54) is 51.9 Å². The van der Waals surface area contributed by atoms with E-state index in [0.717, 1.165) is 24.7 Å². The van der Waals surface area contributed by atoms with Gasteiger partial charge in [-0.25, -0.2) is 0 Å². The largest absolute Gasteiger partial charge is 0.364 e. The maximum atomic E-state index is 6.16. The maximum Gasteiger partial charge on any atom is 0.0432 e. The van der Waals surface area contributed by atoms with Gasteiger partial charge in [0.05, 0.1) is 0 Å². The van der Waals surface area contributed by atoms with Crippen LogP contribution in [0.5, 0.6) is 0 Å². The molecule has 2 nitrogen and oxygen atoms in total. The topological polar surface area (TPSA) is 15.3 Å². The van der Waals surface area contributed by atoms with Gasteiger partial charge in [-0.1, -0.05) is 41.9 Å². The molecule has 1 aliphatic heterocycles. The molecule has 0 aromatic heterocycles. The van der Waals surface area contributed by atoms with Gasteiger partial charge in [0, 0.05) is 23.3 Å². The number of aryl methyl sites for hydroxylation is 2. The first-order valence-electron chi connectivity index (χ1n) is 10.9. The highest BCUT2D eigenvalue weighted by atomic mass is 35.5. The van der Waals surface area contributed by atoms with Crippen LogP contribution >= 0.6 is 11.6 Å². The summed E-state index contributed by atoms with van der Waals surface area (Å²) in [7, 11) is 0. The molecule has 1 N–H and O–H groups in total. The van der Waals surface area contributed by atoms with Crippen molar-refractivity contribution in [2.75, 3.05) is 18.0 Å². The molecule has 0 aliphatic carbocycles. The van der Waals surface area contributed by atoms with Crippen molar-refractivity contribution < 1.29 is 0 Å². The lowest BCUT2D eigenvalue weighted by molar-refractivity contribution is 0.428. The van der Waals surface area contributed by atoms with Crippen LogP contribution in [0.1, 0.15) is 35.1 Å². The number of rotatable bonds is 5. The molecule has 0 amide bonds. The molecular formula is C27H31ClN2. The molecule has 0 bridgehead atoms. The van der Waals surface area contributed by atoms with Gasteiger partial charge in [0.1, 0.15) is 0 Å². The monoisotopic (exact) mass is 418 g/mol. The van der Waals surface area contributed by atoms with Crippen molar-refractivity contribution in [3.63, 3.8) is 0 Å². The molecule has 0 atom stereocenters. The first kappa shape index (κ1) is 21.0. The van der Waals surface area contributed by atoms with Crippen molar-refractivity contribution in [1.82, 2.24) is 5.32 Å². The number of halogens is 1. The van der Waals surface area contributed by atoms with Gasteiger partial charge in [0.25, 0.3) is 0 Å². The summed E-state index contributed by atoms with van der Waals surface area (Å²) in [6, 6.07) is 22.5. The molecule has 1 aliphatic rings. The molecule has 1 heterocycles. The van der Waals surface area contributed by atoms with E-state index in [-0.39, 0.29) is 0 Å². The first-order valence-corrected chi connectivity index (χ1v) is 11.3. The van der Waals surface area contributed by atoms with E-state index in [1.54, 1.807) is 0 Å². The van der Waals surface area contributed by atoms with Crippen LogP contribution in [0.15, 0.2) is 60.7 Å². The average Bonchev–Trinajstić information content (AvgIpc) is 2.77. The lowest BCUT2D eigenvalue weighted by Crippen LogP contribution is -2.43. The summed E-state index contributed by atoms with van der Waals surface area (Å²) in [6.07, 6.45) is 2.33. The van der Waals surface area contributed by atoms with Crippen molar-refractivity contribution >= 4 is 17.3 Å². The second-order valence-corrected chi connectivity index (χ2v) is 8.96. The molecule has 0 saturated carbocycles. The molecule has 1 fully saturated rings. The van der Waals surface area contributed by atoms with Crippen LogP contribution < -0.4 is 10.2 Å². The van der Waals surface area contributed by atoms with Gasteiger partial charge < -0.3 is 10.2 Å². The highest BCUT2D eigenvalue weighted by Gasteiger charge is 2.21.